The first kappa shape index (κ1) is 27.4. The Hall–Kier alpha value is -2.19. The van der Waals surface area contributed by atoms with Crippen LogP contribution < -0.4 is 11.5 Å². The SMILES string of the molecule is CCCC1CN(C(C(N)=O)C(C)c2ccc(Cl)c(Cl)c2)CCN1C(=O)C(N)Cc1ccc(F)cc1. The predicted octanol–water partition coefficient (Wildman–Crippen LogP) is 3.97. The van der Waals surface area contributed by atoms with Crippen LogP contribution in [0, 0.1) is 5.82 Å². The monoisotopic (exact) mass is 522 g/mol. The maximum atomic E-state index is 13.3. The highest BCUT2D eigenvalue weighted by Crippen LogP contribution is 2.31. The van der Waals surface area contributed by atoms with Gasteiger partial charge in [-0.25, -0.2) is 4.39 Å². The zero-order valence-electron chi connectivity index (χ0n) is 20.1. The lowest BCUT2D eigenvalue weighted by atomic mass is 9.90. The third-order valence-corrected chi connectivity index (χ3v) is 7.47. The van der Waals surface area contributed by atoms with Gasteiger partial charge in [0.15, 0.2) is 0 Å². The van der Waals surface area contributed by atoms with E-state index in [9.17, 15) is 14.0 Å². The zero-order valence-corrected chi connectivity index (χ0v) is 21.6. The molecule has 9 heteroatoms. The molecule has 1 aliphatic heterocycles. The van der Waals surface area contributed by atoms with Gasteiger partial charge < -0.3 is 16.4 Å². The van der Waals surface area contributed by atoms with E-state index >= 15 is 0 Å². The van der Waals surface area contributed by atoms with Gasteiger partial charge in [-0.15, -0.1) is 0 Å². The highest BCUT2D eigenvalue weighted by molar-refractivity contribution is 6.42. The fourth-order valence-electron chi connectivity index (χ4n) is 4.90. The molecular weight excluding hydrogens is 490 g/mol. The summed E-state index contributed by atoms with van der Waals surface area (Å²) in [4.78, 5) is 29.7. The molecule has 1 saturated heterocycles. The van der Waals surface area contributed by atoms with Gasteiger partial charge in [0, 0.05) is 31.6 Å². The molecule has 4 atom stereocenters. The third-order valence-electron chi connectivity index (χ3n) is 6.73. The molecule has 0 radical (unpaired) electrons. The van der Waals surface area contributed by atoms with Gasteiger partial charge in [-0.1, -0.05) is 61.7 Å². The topological polar surface area (TPSA) is 92.7 Å². The van der Waals surface area contributed by atoms with E-state index in [1.165, 1.54) is 12.1 Å². The number of piperazine rings is 1. The maximum Gasteiger partial charge on any atom is 0.240 e. The molecule has 4 unspecified atom stereocenters. The summed E-state index contributed by atoms with van der Waals surface area (Å²) < 4.78 is 13.2. The lowest BCUT2D eigenvalue weighted by Crippen LogP contribution is -2.62. The summed E-state index contributed by atoms with van der Waals surface area (Å²) in [7, 11) is 0. The van der Waals surface area contributed by atoms with Crippen molar-refractivity contribution in [2.45, 2.75) is 57.2 Å². The fourth-order valence-corrected chi connectivity index (χ4v) is 5.20. The summed E-state index contributed by atoms with van der Waals surface area (Å²) in [6, 6.07) is 9.97. The van der Waals surface area contributed by atoms with Crippen molar-refractivity contribution < 1.29 is 14.0 Å². The molecule has 190 valence electrons. The second kappa shape index (κ2) is 12.2. The Morgan fingerprint density at radius 3 is 2.40 bits per heavy atom. The Labute approximate surface area is 216 Å². The first-order valence-corrected chi connectivity index (χ1v) is 12.7. The van der Waals surface area contributed by atoms with Crippen LogP contribution in [0.2, 0.25) is 10.0 Å². The third kappa shape index (κ3) is 6.73. The van der Waals surface area contributed by atoms with E-state index < -0.39 is 18.0 Å². The zero-order chi connectivity index (χ0) is 25.7. The van der Waals surface area contributed by atoms with Gasteiger partial charge in [-0.3, -0.25) is 14.5 Å². The van der Waals surface area contributed by atoms with Crippen LogP contribution in [0.15, 0.2) is 42.5 Å². The summed E-state index contributed by atoms with van der Waals surface area (Å²) in [5.41, 5.74) is 13.8. The van der Waals surface area contributed by atoms with Crippen LogP contribution in [0.4, 0.5) is 4.39 Å². The largest absolute Gasteiger partial charge is 0.368 e. The number of halogens is 3. The normalized spacial score (nSPS) is 19.3. The number of primary amides is 1. The summed E-state index contributed by atoms with van der Waals surface area (Å²) in [6.07, 6.45) is 1.98. The number of hydrogen-bond acceptors (Lipinski definition) is 4. The molecule has 4 N–H and O–H groups in total. The average Bonchev–Trinajstić information content (AvgIpc) is 2.82. The molecule has 2 aromatic carbocycles. The van der Waals surface area contributed by atoms with Crippen molar-refractivity contribution >= 4 is 35.0 Å². The van der Waals surface area contributed by atoms with E-state index in [2.05, 4.69) is 11.8 Å². The number of amides is 2. The molecule has 1 fully saturated rings. The Kier molecular flexibility index (Phi) is 9.53. The van der Waals surface area contributed by atoms with Gasteiger partial charge in [-0.05, 0) is 48.2 Å². The number of hydrogen-bond donors (Lipinski definition) is 2. The van der Waals surface area contributed by atoms with E-state index in [0.717, 1.165) is 24.0 Å². The van der Waals surface area contributed by atoms with Gasteiger partial charge in [0.2, 0.25) is 11.8 Å². The number of rotatable bonds is 9. The standard InChI is InChI=1S/C26H33Cl2FN4O2/c1-3-4-20-15-32(24(25(31)34)16(2)18-7-10-21(27)22(28)14-18)11-12-33(20)26(35)23(30)13-17-5-8-19(29)9-6-17/h5-10,14,16,20,23-24H,3-4,11-13,15,30H2,1-2H3,(H2,31,34). The maximum absolute atomic E-state index is 13.3. The van der Waals surface area contributed by atoms with Gasteiger partial charge in [0.25, 0.3) is 0 Å². The molecule has 6 nitrogen and oxygen atoms in total. The van der Waals surface area contributed by atoms with E-state index in [-0.39, 0.29) is 23.7 Å². The molecule has 0 aliphatic carbocycles. The molecule has 0 saturated carbocycles. The van der Waals surface area contributed by atoms with E-state index in [1.807, 2.05) is 17.9 Å². The van der Waals surface area contributed by atoms with Crippen LogP contribution in [0.5, 0.6) is 0 Å². The second-order valence-corrected chi connectivity index (χ2v) is 10.0. The van der Waals surface area contributed by atoms with Crippen molar-refractivity contribution in [2.24, 2.45) is 11.5 Å². The molecule has 0 aromatic heterocycles. The number of nitrogens with two attached hydrogens (primary N) is 2. The summed E-state index contributed by atoms with van der Waals surface area (Å²) in [5.74, 6) is -1.10. The van der Waals surface area contributed by atoms with Crippen molar-refractivity contribution in [3.8, 4) is 0 Å². The van der Waals surface area contributed by atoms with Gasteiger partial charge >= 0.3 is 0 Å². The highest BCUT2D eigenvalue weighted by atomic mass is 35.5. The summed E-state index contributed by atoms with van der Waals surface area (Å²) >= 11 is 12.3. The molecule has 35 heavy (non-hydrogen) atoms. The molecular formula is C26H33Cl2FN4O2. The van der Waals surface area contributed by atoms with Crippen LogP contribution in [-0.2, 0) is 16.0 Å². The Morgan fingerprint density at radius 2 is 1.80 bits per heavy atom. The molecule has 2 aromatic rings. The number of carbonyl (C=O) groups excluding carboxylic acids is 2. The van der Waals surface area contributed by atoms with Gasteiger partial charge in [-0.2, -0.15) is 0 Å². The number of carbonyl (C=O) groups is 2. The number of benzene rings is 2. The minimum atomic E-state index is -0.728. The first-order chi connectivity index (χ1) is 16.6. The molecule has 2 amide bonds. The van der Waals surface area contributed by atoms with Crippen LogP contribution in [0.1, 0.15) is 43.7 Å². The van der Waals surface area contributed by atoms with E-state index in [1.54, 1.807) is 24.3 Å². The van der Waals surface area contributed by atoms with Crippen molar-refractivity contribution in [3.63, 3.8) is 0 Å². The van der Waals surface area contributed by atoms with Crippen molar-refractivity contribution in [1.82, 2.24) is 9.80 Å². The first-order valence-electron chi connectivity index (χ1n) is 11.9. The van der Waals surface area contributed by atoms with Gasteiger partial charge in [0.1, 0.15) is 5.82 Å². The lowest BCUT2D eigenvalue weighted by Gasteiger charge is -2.45. The molecule has 1 heterocycles. The minimum Gasteiger partial charge on any atom is -0.368 e. The quantitative estimate of drug-likeness (QED) is 0.520. The van der Waals surface area contributed by atoms with Crippen molar-refractivity contribution in [1.29, 1.82) is 0 Å². The minimum absolute atomic E-state index is 0.0941. The van der Waals surface area contributed by atoms with Crippen molar-refractivity contribution in [2.75, 3.05) is 19.6 Å². The predicted molar refractivity (Wildman–Crippen MR) is 138 cm³/mol. The number of nitrogens with zero attached hydrogens (tertiary/aromatic N) is 2. The van der Waals surface area contributed by atoms with Crippen molar-refractivity contribution in [3.05, 3.63) is 69.5 Å². The van der Waals surface area contributed by atoms with Crippen LogP contribution in [0.25, 0.3) is 0 Å². The summed E-state index contributed by atoms with van der Waals surface area (Å²) in [5, 5.41) is 0.874. The van der Waals surface area contributed by atoms with E-state index in [4.69, 9.17) is 34.7 Å². The van der Waals surface area contributed by atoms with Gasteiger partial charge in [0.05, 0.1) is 22.1 Å². The molecule has 0 spiro atoms. The van der Waals surface area contributed by atoms with Crippen LogP contribution >= 0.6 is 23.2 Å². The smallest absolute Gasteiger partial charge is 0.240 e. The molecule has 0 bridgehead atoms. The second-order valence-electron chi connectivity index (χ2n) is 9.22. The average molecular weight is 523 g/mol. The Balaban J connectivity index is 1.74. The van der Waals surface area contributed by atoms with Crippen LogP contribution in [0.3, 0.4) is 0 Å². The highest BCUT2D eigenvalue weighted by Gasteiger charge is 2.38. The molecule has 1 aliphatic rings. The Morgan fingerprint density at radius 1 is 1.11 bits per heavy atom. The Bertz CT molecular complexity index is 1040. The lowest BCUT2D eigenvalue weighted by molar-refractivity contribution is -0.139. The summed E-state index contributed by atoms with van der Waals surface area (Å²) in [6.45, 7) is 5.46. The van der Waals surface area contributed by atoms with Crippen LogP contribution in [-0.4, -0.2) is 59.4 Å². The fraction of sp³-hybridized carbons (Fsp3) is 0.462. The van der Waals surface area contributed by atoms with E-state index in [0.29, 0.717) is 36.1 Å². The molecule has 3 rings (SSSR count).